The summed E-state index contributed by atoms with van der Waals surface area (Å²) in [7, 11) is 1.38. The van der Waals surface area contributed by atoms with Crippen LogP contribution in [-0.4, -0.2) is 34.6 Å². The van der Waals surface area contributed by atoms with Crippen molar-refractivity contribution in [3.05, 3.63) is 65.4 Å². The number of H-pyrrole nitrogens is 1. The molecule has 150 valence electrons. The Hall–Kier alpha value is -2.86. The van der Waals surface area contributed by atoms with E-state index >= 15 is 0 Å². The van der Waals surface area contributed by atoms with Gasteiger partial charge in [0.05, 0.1) is 18.7 Å². The lowest BCUT2D eigenvalue weighted by Gasteiger charge is -2.40. The van der Waals surface area contributed by atoms with E-state index in [4.69, 9.17) is 17.0 Å². The number of hydrogen-bond donors (Lipinski definition) is 2. The Morgan fingerprint density at radius 3 is 2.62 bits per heavy atom. The highest BCUT2D eigenvalue weighted by molar-refractivity contribution is 7.80. The van der Waals surface area contributed by atoms with E-state index in [1.54, 1.807) is 12.1 Å². The minimum atomic E-state index is -0.346. The van der Waals surface area contributed by atoms with Crippen LogP contribution in [0.5, 0.6) is 0 Å². The van der Waals surface area contributed by atoms with Gasteiger partial charge in [-0.25, -0.2) is 4.79 Å². The van der Waals surface area contributed by atoms with Crippen LogP contribution in [0.4, 0.5) is 5.69 Å². The molecule has 1 aliphatic heterocycles. The lowest BCUT2D eigenvalue weighted by atomic mass is 9.90. The molecule has 3 aromatic rings. The number of ether oxygens (including phenoxy) is 1. The van der Waals surface area contributed by atoms with E-state index in [1.807, 2.05) is 12.1 Å². The van der Waals surface area contributed by atoms with Gasteiger partial charge < -0.3 is 19.9 Å². The molecule has 0 unspecified atom stereocenters. The summed E-state index contributed by atoms with van der Waals surface area (Å²) in [5.74, 6) is 0.0462. The number of aromatic amines is 1. The number of hydrogen-bond acceptors (Lipinski definition) is 3. The van der Waals surface area contributed by atoms with Gasteiger partial charge in [0.25, 0.3) is 0 Å². The summed E-state index contributed by atoms with van der Waals surface area (Å²) in [6.45, 7) is 5.32. The number of anilines is 1. The minimum Gasteiger partial charge on any atom is -0.465 e. The van der Waals surface area contributed by atoms with Gasteiger partial charge in [0.2, 0.25) is 0 Å². The summed E-state index contributed by atoms with van der Waals surface area (Å²) in [4.78, 5) is 17.5. The van der Waals surface area contributed by atoms with Crippen molar-refractivity contribution in [3.63, 3.8) is 0 Å². The van der Waals surface area contributed by atoms with Crippen molar-refractivity contribution in [2.45, 2.75) is 26.3 Å². The Morgan fingerprint density at radius 2 is 1.93 bits per heavy atom. The van der Waals surface area contributed by atoms with E-state index in [1.165, 1.54) is 29.3 Å². The third kappa shape index (κ3) is 3.60. The fourth-order valence-corrected chi connectivity index (χ4v) is 4.52. The Balaban J connectivity index is 1.59. The van der Waals surface area contributed by atoms with Crippen molar-refractivity contribution < 1.29 is 9.53 Å². The number of methoxy groups -OCH3 is 1. The van der Waals surface area contributed by atoms with Gasteiger partial charge in [-0.2, -0.15) is 0 Å². The molecule has 0 fully saturated rings. The van der Waals surface area contributed by atoms with E-state index in [-0.39, 0.29) is 12.0 Å². The first-order chi connectivity index (χ1) is 14.0. The molecule has 2 N–H and O–H groups in total. The lowest BCUT2D eigenvalue weighted by molar-refractivity contribution is 0.0601. The van der Waals surface area contributed by atoms with E-state index in [0.717, 1.165) is 18.7 Å². The number of carbonyl (C=O) groups excluding carboxylic acids is 1. The van der Waals surface area contributed by atoms with E-state index in [0.29, 0.717) is 16.6 Å². The highest BCUT2D eigenvalue weighted by Crippen LogP contribution is 2.38. The molecule has 0 aliphatic carbocycles. The predicted octanol–water partition coefficient (Wildman–Crippen LogP) is 4.91. The largest absolute Gasteiger partial charge is 0.465 e. The Labute approximate surface area is 176 Å². The number of carbonyl (C=O) groups is 1. The first kappa shape index (κ1) is 19.5. The van der Waals surface area contributed by atoms with Gasteiger partial charge in [-0.15, -0.1) is 0 Å². The first-order valence-electron chi connectivity index (χ1n) is 9.85. The van der Waals surface area contributed by atoms with Crippen LogP contribution in [0.25, 0.3) is 10.9 Å². The molecule has 0 bridgehead atoms. The molecule has 6 heteroatoms. The zero-order valence-corrected chi connectivity index (χ0v) is 17.7. The molecule has 0 saturated heterocycles. The monoisotopic (exact) mass is 407 g/mol. The van der Waals surface area contributed by atoms with Gasteiger partial charge in [0.15, 0.2) is 5.11 Å². The van der Waals surface area contributed by atoms with Crippen molar-refractivity contribution in [2.24, 2.45) is 5.92 Å². The molecule has 2 aromatic carbocycles. The predicted molar refractivity (Wildman–Crippen MR) is 120 cm³/mol. The maximum absolute atomic E-state index is 11.6. The Kier molecular flexibility index (Phi) is 5.28. The number of rotatable bonds is 3. The highest BCUT2D eigenvalue weighted by Gasteiger charge is 2.33. The normalized spacial score (nSPS) is 16.0. The van der Waals surface area contributed by atoms with Gasteiger partial charge in [-0.1, -0.05) is 32.0 Å². The summed E-state index contributed by atoms with van der Waals surface area (Å²) < 4.78 is 4.75. The second-order valence-corrected chi connectivity index (χ2v) is 8.08. The van der Waals surface area contributed by atoms with Crippen LogP contribution in [0, 0.1) is 5.92 Å². The average Bonchev–Trinajstić information content (AvgIpc) is 3.11. The molecular weight excluding hydrogens is 382 g/mol. The summed E-state index contributed by atoms with van der Waals surface area (Å²) >= 11 is 5.78. The number of thiocarbonyl (C=S) groups is 1. The van der Waals surface area contributed by atoms with Crippen LogP contribution >= 0.6 is 12.2 Å². The number of benzene rings is 2. The molecule has 1 aliphatic rings. The third-order valence-corrected chi connectivity index (χ3v) is 5.87. The molecule has 1 aromatic heterocycles. The van der Waals surface area contributed by atoms with Gasteiger partial charge in [-0.3, -0.25) is 0 Å². The fraction of sp³-hybridized carbons (Fsp3) is 0.304. The molecule has 0 amide bonds. The van der Waals surface area contributed by atoms with Crippen LogP contribution in [0.2, 0.25) is 0 Å². The van der Waals surface area contributed by atoms with Crippen LogP contribution < -0.4 is 5.32 Å². The smallest absolute Gasteiger partial charge is 0.337 e. The van der Waals surface area contributed by atoms with Gasteiger partial charge in [-0.05, 0) is 60.5 Å². The molecule has 1 atom stereocenters. The van der Waals surface area contributed by atoms with Gasteiger partial charge in [0.1, 0.15) is 0 Å². The first-order valence-corrected chi connectivity index (χ1v) is 10.3. The Morgan fingerprint density at radius 1 is 1.21 bits per heavy atom. The van der Waals surface area contributed by atoms with Crippen LogP contribution in [0.15, 0.2) is 48.5 Å². The second kappa shape index (κ2) is 7.87. The molecule has 0 radical (unpaired) electrons. The molecule has 29 heavy (non-hydrogen) atoms. The lowest BCUT2D eigenvalue weighted by Crippen LogP contribution is -2.44. The van der Waals surface area contributed by atoms with E-state index in [9.17, 15) is 4.79 Å². The van der Waals surface area contributed by atoms with E-state index < -0.39 is 0 Å². The quantitative estimate of drug-likeness (QED) is 0.477. The molecule has 0 saturated carbocycles. The number of nitrogens with zero attached hydrogens (tertiary/aromatic N) is 1. The molecule has 0 spiro atoms. The maximum Gasteiger partial charge on any atom is 0.337 e. The zero-order chi connectivity index (χ0) is 20.5. The SMILES string of the molecule is COC(=O)c1ccc(NC(=S)N2CCc3c([nH]c4ccccc34)[C@H]2C(C)C)cc1. The maximum atomic E-state index is 11.6. The fourth-order valence-electron chi connectivity index (χ4n) is 4.19. The summed E-state index contributed by atoms with van der Waals surface area (Å²) in [5.41, 5.74) is 5.22. The van der Waals surface area contributed by atoms with E-state index in [2.05, 4.69) is 53.3 Å². The number of nitrogens with one attached hydrogen (secondary N) is 2. The topological polar surface area (TPSA) is 57.4 Å². The number of aromatic nitrogens is 1. The number of esters is 1. The van der Waals surface area contributed by atoms with Gasteiger partial charge in [0, 0.05) is 28.8 Å². The van der Waals surface area contributed by atoms with Crippen LogP contribution in [0.3, 0.4) is 0 Å². The van der Waals surface area contributed by atoms with Crippen molar-refractivity contribution >= 4 is 39.9 Å². The highest BCUT2D eigenvalue weighted by atomic mass is 32.1. The third-order valence-electron chi connectivity index (χ3n) is 5.53. The standard InChI is InChI=1S/C23H25N3O2S/c1-14(2)21-20-18(17-6-4-5-7-19(17)25-20)12-13-26(21)23(29)24-16-10-8-15(9-11-16)22(27)28-3/h4-11,14,21,25H,12-13H2,1-3H3,(H,24,29)/t21-/m1/s1. The molecule has 5 nitrogen and oxygen atoms in total. The van der Waals surface area contributed by atoms with Crippen molar-refractivity contribution in [1.82, 2.24) is 9.88 Å². The molecule has 4 rings (SSSR count). The van der Waals surface area contributed by atoms with Gasteiger partial charge >= 0.3 is 5.97 Å². The minimum absolute atomic E-state index is 0.181. The van der Waals surface area contributed by atoms with Crippen LogP contribution in [0.1, 0.15) is 41.5 Å². The molecular formula is C23H25N3O2S. The van der Waals surface area contributed by atoms with Crippen molar-refractivity contribution in [2.75, 3.05) is 19.0 Å². The average molecular weight is 408 g/mol. The zero-order valence-electron chi connectivity index (χ0n) is 16.9. The summed E-state index contributed by atoms with van der Waals surface area (Å²) in [5, 5.41) is 5.34. The van der Waals surface area contributed by atoms with Crippen molar-refractivity contribution in [1.29, 1.82) is 0 Å². The summed E-state index contributed by atoms with van der Waals surface area (Å²) in [6, 6.07) is 15.8. The van der Waals surface area contributed by atoms with Crippen LogP contribution in [-0.2, 0) is 11.2 Å². The second-order valence-electron chi connectivity index (χ2n) is 7.69. The number of para-hydroxylation sites is 1. The molecule has 2 heterocycles. The number of fused-ring (bicyclic) bond motifs is 3. The Bertz CT molecular complexity index is 1060. The summed E-state index contributed by atoms with van der Waals surface area (Å²) in [6.07, 6.45) is 0.950. The van der Waals surface area contributed by atoms with Crippen molar-refractivity contribution in [3.8, 4) is 0 Å².